The first-order valence-corrected chi connectivity index (χ1v) is 11.1. The van der Waals surface area contributed by atoms with Gasteiger partial charge >= 0.3 is 0 Å². The van der Waals surface area contributed by atoms with Crippen LogP contribution in [-0.2, 0) is 4.74 Å². The van der Waals surface area contributed by atoms with Crippen molar-refractivity contribution in [3.8, 4) is 11.5 Å². The topological polar surface area (TPSA) is 38.7 Å². The largest absolute Gasteiger partial charge is 0.505 e. The molecule has 2 aromatic rings. The van der Waals surface area contributed by atoms with E-state index in [0.717, 1.165) is 6.07 Å². The molecule has 9 heteroatoms. The third-order valence-electron chi connectivity index (χ3n) is 5.80. The standard InChI is InChI=1S/C27H24F6O3/c1-4-35-15(3)23(29)22(28)14(2)13-36-21-12-10-19(25(31)27(21)33)17-7-5-16(6-8-17)18-9-11-20(34)26(32)24(18)30/h5,9-12,17,34H,2-4,6-8,13H2,1H3/b23-22-. The van der Waals surface area contributed by atoms with Crippen molar-refractivity contribution in [2.45, 2.75) is 32.1 Å². The second kappa shape index (κ2) is 11.4. The number of benzene rings is 2. The lowest BCUT2D eigenvalue weighted by Crippen LogP contribution is -2.10. The van der Waals surface area contributed by atoms with Crippen molar-refractivity contribution in [2.75, 3.05) is 13.2 Å². The minimum atomic E-state index is -1.37. The number of phenols is 1. The number of hydrogen-bond donors (Lipinski definition) is 1. The number of hydrogen-bond acceptors (Lipinski definition) is 3. The maximum Gasteiger partial charge on any atom is 0.200 e. The van der Waals surface area contributed by atoms with Gasteiger partial charge in [0.2, 0.25) is 11.6 Å². The van der Waals surface area contributed by atoms with Crippen molar-refractivity contribution in [1.82, 2.24) is 0 Å². The van der Waals surface area contributed by atoms with Gasteiger partial charge in [-0.2, -0.15) is 13.2 Å². The van der Waals surface area contributed by atoms with Crippen molar-refractivity contribution < 1.29 is 40.9 Å². The Balaban J connectivity index is 1.71. The van der Waals surface area contributed by atoms with Crippen LogP contribution in [0.5, 0.6) is 11.5 Å². The molecule has 0 aromatic heterocycles. The van der Waals surface area contributed by atoms with Crippen molar-refractivity contribution in [2.24, 2.45) is 0 Å². The lowest BCUT2D eigenvalue weighted by atomic mass is 9.82. The molecule has 192 valence electrons. The van der Waals surface area contributed by atoms with Crippen LogP contribution in [0.4, 0.5) is 26.3 Å². The molecule has 1 aliphatic rings. The molecule has 0 heterocycles. The van der Waals surface area contributed by atoms with E-state index < -0.39 is 70.3 Å². The normalized spacial score (nSPS) is 16.2. The molecule has 36 heavy (non-hydrogen) atoms. The highest BCUT2D eigenvalue weighted by Gasteiger charge is 2.26. The Morgan fingerprint density at radius 3 is 2.33 bits per heavy atom. The van der Waals surface area contributed by atoms with Gasteiger partial charge in [0.15, 0.2) is 40.5 Å². The highest BCUT2D eigenvalue weighted by Crippen LogP contribution is 2.40. The van der Waals surface area contributed by atoms with Crippen LogP contribution in [0, 0.1) is 23.3 Å². The summed E-state index contributed by atoms with van der Waals surface area (Å²) in [5.41, 5.74) is 0.106. The molecule has 2 aromatic carbocycles. The molecule has 1 unspecified atom stereocenters. The van der Waals surface area contributed by atoms with Crippen LogP contribution in [0.1, 0.15) is 43.2 Å². The van der Waals surface area contributed by atoms with Crippen LogP contribution in [0.15, 0.2) is 66.5 Å². The summed E-state index contributed by atoms with van der Waals surface area (Å²) in [6, 6.07) is 4.81. The zero-order valence-corrected chi connectivity index (χ0v) is 19.4. The molecule has 1 atom stereocenters. The summed E-state index contributed by atoms with van der Waals surface area (Å²) in [5.74, 6) is -9.99. The van der Waals surface area contributed by atoms with Crippen LogP contribution in [0.2, 0.25) is 0 Å². The second-order valence-electron chi connectivity index (χ2n) is 8.12. The third kappa shape index (κ3) is 5.61. The van der Waals surface area contributed by atoms with Gasteiger partial charge < -0.3 is 14.6 Å². The van der Waals surface area contributed by atoms with Gasteiger partial charge in [0.25, 0.3) is 0 Å². The van der Waals surface area contributed by atoms with Crippen LogP contribution < -0.4 is 4.74 Å². The van der Waals surface area contributed by atoms with Gasteiger partial charge in [0.1, 0.15) is 6.61 Å². The first-order chi connectivity index (χ1) is 17.1. The Bertz CT molecular complexity index is 1250. The molecule has 0 bridgehead atoms. The summed E-state index contributed by atoms with van der Waals surface area (Å²) >= 11 is 0. The summed E-state index contributed by atoms with van der Waals surface area (Å²) in [6.45, 7) is 7.57. The first-order valence-electron chi connectivity index (χ1n) is 11.1. The van der Waals surface area contributed by atoms with Crippen LogP contribution in [0.25, 0.3) is 5.57 Å². The predicted octanol–water partition coefficient (Wildman–Crippen LogP) is 7.94. The van der Waals surface area contributed by atoms with Crippen molar-refractivity contribution in [3.05, 3.63) is 101 Å². The molecule has 1 N–H and O–H groups in total. The smallest absolute Gasteiger partial charge is 0.200 e. The van der Waals surface area contributed by atoms with Gasteiger partial charge in [0, 0.05) is 11.1 Å². The fraction of sp³-hybridized carbons (Fsp3) is 0.259. The fourth-order valence-corrected chi connectivity index (χ4v) is 3.87. The van der Waals surface area contributed by atoms with E-state index >= 15 is 0 Å². The predicted molar refractivity (Wildman–Crippen MR) is 124 cm³/mol. The molecule has 0 saturated carbocycles. The molecular formula is C27H24F6O3. The summed E-state index contributed by atoms with van der Waals surface area (Å²) in [4.78, 5) is 0. The third-order valence-corrected chi connectivity index (χ3v) is 5.80. The van der Waals surface area contributed by atoms with E-state index in [0.29, 0.717) is 12.0 Å². The van der Waals surface area contributed by atoms with Gasteiger partial charge in [-0.25, -0.2) is 13.2 Å². The maximum atomic E-state index is 14.8. The van der Waals surface area contributed by atoms with Crippen molar-refractivity contribution >= 4 is 5.57 Å². The van der Waals surface area contributed by atoms with E-state index in [1.165, 1.54) is 18.2 Å². The Kier molecular flexibility index (Phi) is 8.55. The molecule has 0 saturated heterocycles. The van der Waals surface area contributed by atoms with Crippen LogP contribution in [0.3, 0.4) is 0 Å². The van der Waals surface area contributed by atoms with Gasteiger partial charge in [-0.15, -0.1) is 0 Å². The average Bonchev–Trinajstić information content (AvgIpc) is 2.87. The average molecular weight is 510 g/mol. The lowest BCUT2D eigenvalue weighted by Gasteiger charge is -2.24. The highest BCUT2D eigenvalue weighted by molar-refractivity contribution is 5.68. The SMILES string of the molecule is C=C(COc1ccc(C2CC=C(c3ccc(O)c(F)c3F)CC2)c(F)c1F)/C(F)=C(/F)C(=C)OCC. The molecule has 1 aliphatic carbocycles. The summed E-state index contributed by atoms with van der Waals surface area (Å²) in [7, 11) is 0. The zero-order valence-electron chi connectivity index (χ0n) is 19.4. The van der Waals surface area contributed by atoms with Crippen molar-refractivity contribution in [3.63, 3.8) is 0 Å². The molecule has 3 nitrogen and oxygen atoms in total. The minimum absolute atomic E-state index is 0.00179. The highest BCUT2D eigenvalue weighted by atomic mass is 19.2. The number of halogens is 6. The van der Waals surface area contributed by atoms with Gasteiger partial charge in [0.05, 0.1) is 6.61 Å². The van der Waals surface area contributed by atoms with E-state index in [4.69, 9.17) is 9.47 Å². The lowest BCUT2D eigenvalue weighted by molar-refractivity contribution is 0.223. The molecule has 0 fully saturated rings. The Morgan fingerprint density at radius 2 is 1.69 bits per heavy atom. The van der Waals surface area contributed by atoms with Crippen LogP contribution >= 0.6 is 0 Å². The minimum Gasteiger partial charge on any atom is -0.505 e. The Labute approximate surface area is 204 Å². The first kappa shape index (κ1) is 27.0. The number of rotatable bonds is 9. The van der Waals surface area contributed by atoms with Crippen LogP contribution in [-0.4, -0.2) is 18.3 Å². The number of ether oxygens (including phenoxy) is 2. The number of allylic oxidation sites excluding steroid dienone is 3. The van der Waals surface area contributed by atoms with Gasteiger partial charge in [-0.1, -0.05) is 25.3 Å². The van der Waals surface area contributed by atoms with Gasteiger partial charge in [-0.05, 0) is 61.4 Å². The molecular weight excluding hydrogens is 486 g/mol. The molecule has 0 spiro atoms. The molecule has 0 amide bonds. The van der Waals surface area contributed by atoms with Crippen molar-refractivity contribution in [1.29, 1.82) is 0 Å². The van der Waals surface area contributed by atoms with E-state index in [9.17, 15) is 31.4 Å². The summed E-state index contributed by atoms with van der Waals surface area (Å²) < 4.78 is 95.3. The summed E-state index contributed by atoms with van der Waals surface area (Å²) in [5, 5.41) is 9.28. The zero-order chi connectivity index (χ0) is 26.6. The fourth-order valence-electron chi connectivity index (χ4n) is 3.87. The van der Waals surface area contributed by atoms with E-state index in [-0.39, 0.29) is 30.6 Å². The maximum absolute atomic E-state index is 14.8. The number of phenolic OH excluding ortho intramolecular Hbond substituents is 1. The molecule has 0 radical (unpaired) electrons. The Morgan fingerprint density at radius 1 is 0.972 bits per heavy atom. The second-order valence-corrected chi connectivity index (χ2v) is 8.12. The monoisotopic (exact) mass is 510 g/mol. The number of aromatic hydroxyl groups is 1. The van der Waals surface area contributed by atoms with Gasteiger partial charge in [-0.3, -0.25) is 0 Å². The molecule has 3 rings (SSSR count). The van der Waals surface area contributed by atoms with E-state index in [1.807, 2.05) is 0 Å². The van der Waals surface area contributed by atoms with E-state index in [2.05, 4.69) is 13.2 Å². The quantitative estimate of drug-likeness (QED) is 0.212. The Hall–Kier alpha value is -3.62. The molecule has 0 aliphatic heterocycles. The van der Waals surface area contributed by atoms with E-state index in [1.54, 1.807) is 13.0 Å². The summed E-state index contributed by atoms with van der Waals surface area (Å²) in [6.07, 6.45) is 2.47.